The first kappa shape index (κ1) is 14.4. The number of carbonyl (C=O) groups is 1. The van der Waals surface area contributed by atoms with E-state index in [1.807, 2.05) is 6.92 Å². The molecule has 1 atom stereocenters. The van der Waals surface area contributed by atoms with Crippen molar-refractivity contribution < 1.29 is 23.1 Å². The van der Waals surface area contributed by atoms with Gasteiger partial charge in [0.25, 0.3) is 0 Å². The fourth-order valence-electron chi connectivity index (χ4n) is 1.62. The fourth-order valence-corrected chi connectivity index (χ4v) is 2.49. The molecule has 0 radical (unpaired) electrons. The van der Waals surface area contributed by atoms with Gasteiger partial charge in [0, 0.05) is 19.6 Å². The normalized spacial score (nSPS) is 22.5. The monoisotopic (exact) mass is 266 g/mol. The Hall–Kier alpha value is -0.700. The van der Waals surface area contributed by atoms with Crippen molar-refractivity contribution >= 4 is 16.0 Å². The number of likely N-dealkylation sites (N-methyl/N-ethyl adjacent to an activating group) is 1. The lowest BCUT2D eigenvalue weighted by molar-refractivity contribution is -0.134. The highest BCUT2D eigenvalue weighted by Gasteiger charge is 2.22. The van der Waals surface area contributed by atoms with Crippen LogP contribution in [0.3, 0.4) is 0 Å². The van der Waals surface area contributed by atoms with Crippen molar-refractivity contribution in [1.29, 1.82) is 0 Å². The zero-order valence-corrected chi connectivity index (χ0v) is 10.6. The summed E-state index contributed by atoms with van der Waals surface area (Å²) >= 11 is 0. The molecule has 2 N–H and O–H groups in total. The van der Waals surface area contributed by atoms with E-state index in [4.69, 9.17) is 9.84 Å². The lowest BCUT2D eigenvalue weighted by Gasteiger charge is -2.31. The maximum Gasteiger partial charge on any atom is 0.320 e. The Morgan fingerprint density at radius 1 is 1.59 bits per heavy atom. The molecule has 8 heteroatoms. The second-order valence-corrected chi connectivity index (χ2v) is 5.69. The molecule has 100 valence electrons. The number of nitrogens with zero attached hydrogens (tertiary/aromatic N) is 1. The van der Waals surface area contributed by atoms with Gasteiger partial charge in [0.2, 0.25) is 10.0 Å². The molecule has 0 saturated carbocycles. The number of aliphatic carboxylic acids is 1. The van der Waals surface area contributed by atoms with Gasteiger partial charge < -0.3 is 9.84 Å². The van der Waals surface area contributed by atoms with Crippen molar-refractivity contribution in [3.05, 3.63) is 0 Å². The molecule has 0 bridgehead atoms. The average molecular weight is 266 g/mol. The van der Waals surface area contributed by atoms with Crippen molar-refractivity contribution in [3.63, 3.8) is 0 Å². The van der Waals surface area contributed by atoms with Crippen LogP contribution in [0.15, 0.2) is 0 Å². The first-order valence-electron chi connectivity index (χ1n) is 5.46. The van der Waals surface area contributed by atoms with E-state index in [1.54, 1.807) is 0 Å². The van der Waals surface area contributed by atoms with Gasteiger partial charge in [0.1, 0.15) is 0 Å². The predicted octanol–water partition coefficient (Wildman–Crippen LogP) is -1.29. The van der Waals surface area contributed by atoms with Crippen molar-refractivity contribution in [2.24, 2.45) is 0 Å². The topological polar surface area (TPSA) is 95.9 Å². The van der Waals surface area contributed by atoms with Gasteiger partial charge in [0.15, 0.2) is 5.75 Å². The van der Waals surface area contributed by atoms with Gasteiger partial charge in [-0.2, -0.15) is 0 Å². The molecule has 0 aromatic heterocycles. The van der Waals surface area contributed by atoms with Gasteiger partial charge in [0.05, 0.1) is 12.7 Å². The smallest absolute Gasteiger partial charge is 0.320 e. The van der Waals surface area contributed by atoms with E-state index in [0.29, 0.717) is 13.2 Å². The summed E-state index contributed by atoms with van der Waals surface area (Å²) in [4.78, 5) is 12.5. The Morgan fingerprint density at radius 3 is 2.88 bits per heavy atom. The minimum atomic E-state index is -3.75. The van der Waals surface area contributed by atoms with Crippen LogP contribution in [0.25, 0.3) is 0 Å². The third-order valence-electron chi connectivity index (χ3n) is 2.51. The largest absolute Gasteiger partial charge is 0.480 e. The fraction of sp³-hybridized carbons (Fsp3) is 0.889. The number of hydrogen-bond donors (Lipinski definition) is 2. The van der Waals surface area contributed by atoms with Crippen molar-refractivity contribution in [2.45, 2.75) is 13.0 Å². The van der Waals surface area contributed by atoms with Crippen LogP contribution in [0.2, 0.25) is 0 Å². The highest BCUT2D eigenvalue weighted by molar-refractivity contribution is 7.90. The van der Waals surface area contributed by atoms with Gasteiger partial charge in [-0.1, -0.05) is 6.92 Å². The highest BCUT2D eigenvalue weighted by Crippen LogP contribution is 2.04. The van der Waals surface area contributed by atoms with Crippen LogP contribution in [0.1, 0.15) is 6.92 Å². The molecule has 17 heavy (non-hydrogen) atoms. The molecule has 0 amide bonds. The first-order chi connectivity index (χ1) is 7.93. The molecule has 7 nitrogen and oxygen atoms in total. The summed E-state index contributed by atoms with van der Waals surface area (Å²) < 4.78 is 30.2. The van der Waals surface area contributed by atoms with E-state index in [2.05, 4.69) is 9.62 Å². The number of nitrogens with one attached hydrogen (secondary N) is 1. The number of rotatable bonds is 6. The summed E-state index contributed by atoms with van der Waals surface area (Å²) in [6.07, 6.45) is -0.215. The van der Waals surface area contributed by atoms with Crippen LogP contribution in [-0.4, -0.2) is 69.0 Å². The van der Waals surface area contributed by atoms with Gasteiger partial charge in [-0.3, -0.25) is 9.69 Å². The Labute approximate surface area is 101 Å². The van der Waals surface area contributed by atoms with Crippen molar-refractivity contribution in [2.75, 3.05) is 38.5 Å². The Balaban J connectivity index is 2.37. The van der Waals surface area contributed by atoms with E-state index in [1.165, 1.54) is 0 Å². The molecule has 1 saturated heterocycles. The molecule has 1 aliphatic heterocycles. The Kier molecular flexibility index (Phi) is 5.31. The Bertz CT molecular complexity index is 356. The SMILES string of the molecule is CCN1CCOC(CNS(=O)(=O)CC(=O)O)C1. The van der Waals surface area contributed by atoms with E-state index in [0.717, 1.165) is 13.1 Å². The van der Waals surface area contributed by atoms with E-state index in [-0.39, 0.29) is 12.6 Å². The summed E-state index contributed by atoms with van der Waals surface area (Å²) in [6, 6.07) is 0. The standard InChI is InChI=1S/C9H18N2O5S/c1-2-11-3-4-16-8(6-11)5-10-17(14,15)7-9(12)13/h8,10H,2-7H2,1H3,(H,12,13). The first-order valence-corrected chi connectivity index (χ1v) is 7.11. The van der Waals surface area contributed by atoms with Crippen LogP contribution < -0.4 is 4.72 Å². The van der Waals surface area contributed by atoms with Crippen LogP contribution in [-0.2, 0) is 19.6 Å². The summed E-state index contributed by atoms with van der Waals surface area (Å²) in [5.41, 5.74) is 0. The predicted molar refractivity (Wildman–Crippen MR) is 61.3 cm³/mol. The second kappa shape index (κ2) is 6.29. The van der Waals surface area contributed by atoms with Crippen molar-refractivity contribution in [1.82, 2.24) is 9.62 Å². The van der Waals surface area contributed by atoms with Crippen LogP contribution in [0.5, 0.6) is 0 Å². The van der Waals surface area contributed by atoms with E-state index < -0.39 is 21.7 Å². The maximum atomic E-state index is 11.3. The summed E-state index contributed by atoms with van der Waals surface area (Å²) in [5, 5.41) is 8.41. The van der Waals surface area contributed by atoms with Gasteiger partial charge >= 0.3 is 5.97 Å². The molecule has 1 heterocycles. The third-order valence-corrected chi connectivity index (χ3v) is 3.75. The minimum absolute atomic E-state index is 0.117. The highest BCUT2D eigenvalue weighted by atomic mass is 32.2. The number of sulfonamides is 1. The van der Waals surface area contributed by atoms with Gasteiger partial charge in [-0.05, 0) is 6.54 Å². The zero-order chi connectivity index (χ0) is 12.9. The number of morpholine rings is 1. The molecule has 0 aromatic rings. The summed E-state index contributed by atoms with van der Waals surface area (Å²) in [6.45, 7) is 5.10. The number of carboxylic acid groups (broad SMARTS) is 1. The van der Waals surface area contributed by atoms with Gasteiger partial charge in [-0.15, -0.1) is 0 Å². The van der Waals surface area contributed by atoms with Crippen LogP contribution in [0.4, 0.5) is 0 Å². The van der Waals surface area contributed by atoms with E-state index in [9.17, 15) is 13.2 Å². The summed E-state index contributed by atoms with van der Waals surface area (Å²) in [7, 11) is -3.75. The molecule has 0 aliphatic carbocycles. The van der Waals surface area contributed by atoms with E-state index >= 15 is 0 Å². The average Bonchev–Trinajstić information content (AvgIpc) is 2.25. The van der Waals surface area contributed by atoms with Crippen LogP contribution >= 0.6 is 0 Å². The molecular formula is C9H18N2O5S. The molecule has 1 unspecified atom stereocenters. The second-order valence-electron chi connectivity index (χ2n) is 3.89. The van der Waals surface area contributed by atoms with Gasteiger partial charge in [-0.25, -0.2) is 13.1 Å². The molecule has 0 spiro atoms. The maximum absolute atomic E-state index is 11.3. The quantitative estimate of drug-likeness (QED) is 0.621. The lowest BCUT2D eigenvalue weighted by Crippen LogP contribution is -2.47. The lowest BCUT2D eigenvalue weighted by atomic mass is 10.3. The Morgan fingerprint density at radius 2 is 2.29 bits per heavy atom. The third kappa shape index (κ3) is 5.44. The van der Waals surface area contributed by atoms with Crippen molar-refractivity contribution in [3.8, 4) is 0 Å². The molecule has 1 aliphatic rings. The minimum Gasteiger partial charge on any atom is -0.480 e. The molecule has 1 rings (SSSR count). The number of ether oxygens (including phenoxy) is 1. The summed E-state index contributed by atoms with van der Waals surface area (Å²) in [5.74, 6) is -2.27. The number of hydrogen-bond acceptors (Lipinski definition) is 5. The molecule has 0 aromatic carbocycles. The zero-order valence-electron chi connectivity index (χ0n) is 9.76. The number of carboxylic acids is 1. The molecular weight excluding hydrogens is 248 g/mol. The molecule has 1 fully saturated rings. The van der Waals surface area contributed by atoms with Crippen LogP contribution in [0, 0.1) is 0 Å².